The van der Waals surface area contributed by atoms with E-state index in [1.165, 1.54) is 4.90 Å². The predicted octanol–water partition coefficient (Wildman–Crippen LogP) is 1.31. The Morgan fingerprint density at radius 2 is 1.85 bits per heavy atom. The molecule has 2 unspecified atom stereocenters. The van der Waals surface area contributed by atoms with Crippen molar-refractivity contribution in [2.24, 2.45) is 4.99 Å². The van der Waals surface area contributed by atoms with Crippen molar-refractivity contribution in [2.75, 3.05) is 14.2 Å². The van der Waals surface area contributed by atoms with Gasteiger partial charge in [0, 0.05) is 18.4 Å². The molecule has 0 spiro atoms. The zero-order valence-corrected chi connectivity index (χ0v) is 15.2. The molecule has 0 saturated carbocycles. The summed E-state index contributed by atoms with van der Waals surface area (Å²) in [6.07, 6.45) is -0.507. The van der Waals surface area contributed by atoms with Crippen LogP contribution in [0.25, 0.3) is 0 Å². The molecule has 2 atom stereocenters. The topological polar surface area (TPSA) is 77.5 Å². The van der Waals surface area contributed by atoms with Gasteiger partial charge in [0.25, 0.3) is 5.91 Å². The molecule has 1 aromatic carbocycles. The number of hydrogen-bond donors (Lipinski definition) is 1. The normalized spacial score (nSPS) is 24.6. The van der Waals surface area contributed by atoms with Gasteiger partial charge < -0.3 is 14.5 Å². The van der Waals surface area contributed by atoms with Gasteiger partial charge in [-0.2, -0.15) is 0 Å². The zero-order valence-electron chi connectivity index (χ0n) is 15.2. The number of carbonyl (C=O) groups excluding carboxylic acids is 2. The minimum absolute atomic E-state index is 0.310. The number of likely N-dealkylation sites (N-methyl/N-ethyl adjacent to an activating group) is 1. The van der Waals surface area contributed by atoms with Crippen LogP contribution in [0.2, 0.25) is 0 Å². The fourth-order valence-corrected chi connectivity index (χ4v) is 3.63. The molecule has 1 fully saturated rings. The second-order valence-electron chi connectivity index (χ2n) is 6.67. The lowest BCUT2D eigenvalue weighted by atomic mass is 10.1. The van der Waals surface area contributed by atoms with Crippen LogP contribution >= 0.6 is 0 Å². The highest BCUT2D eigenvalue weighted by Gasteiger charge is 2.53. The number of imide groups is 1. The van der Waals surface area contributed by atoms with Crippen LogP contribution in [-0.4, -0.2) is 59.0 Å². The van der Waals surface area contributed by atoms with Crippen molar-refractivity contribution in [2.45, 2.75) is 32.6 Å². The summed E-state index contributed by atoms with van der Waals surface area (Å²) in [5.74, 6) is 1.21. The highest BCUT2D eigenvalue weighted by Crippen LogP contribution is 2.36. The van der Waals surface area contributed by atoms with Gasteiger partial charge in [0.05, 0.1) is 13.7 Å². The molecule has 8 nitrogen and oxygen atoms in total. The van der Waals surface area contributed by atoms with Gasteiger partial charge in [-0.3, -0.25) is 15.0 Å². The first-order valence-electron chi connectivity index (χ1n) is 8.45. The van der Waals surface area contributed by atoms with Crippen molar-refractivity contribution < 1.29 is 14.3 Å². The third kappa shape index (κ3) is 2.25. The van der Waals surface area contributed by atoms with Crippen LogP contribution in [0.4, 0.5) is 4.79 Å². The summed E-state index contributed by atoms with van der Waals surface area (Å²) in [6, 6.07) is 6.92. The van der Waals surface area contributed by atoms with Crippen molar-refractivity contribution in [3.63, 3.8) is 0 Å². The third-order valence-electron chi connectivity index (χ3n) is 5.27. The van der Waals surface area contributed by atoms with E-state index in [-0.39, 0.29) is 5.91 Å². The van der Waals surface area contributed by atoms with Gasteiger partial charge in [0.1, 0.15) is 5.75 Å². The van der Waals surface area contributed by atoms with Crippen LogP contribution < -0.4 is 10.1 Å². The summed E-state index contributed by atoms with van der Waals surface area (Å²) in [5.41, 5.74) is 3.12. The van der Waals surface area contributed by atoms with Gasteiger partial charge in [-0.1, -0.05) is 12.1 Å². The Kier molecular flexibility index (Phi) is 3.64. The summed E-state index contributed by atoms with van der Waals surface area (Å²) >= 11 is 0. The smallest absolute Gasteiger partial charge is 0.325 e. The number of nitrogens with one attached hydrogen (secondary N) is 1. The molecule has 0 radical (unpaired) electrons. The highest BCUT2D eigenvalue weighted by atomic mass is 16.5. The van der Waals surface area contributed by atoms with Gasteiger partial charge in [0.2, 0.25) is 5.96 Å². The van der Waals surface area contributed by atoms with Crippen LogP contribution in [0.5, 0.6) is 5.75 Å². The Morgan fingerprint density at radius 1 is 1.15 bits per heavy atom. The number of urea groups is 1. The number of carbonyl (C=O) groups is 2. The number of ether oxygens (including phenoxy) is 1. The number of methoxy groups -OCH3 is 1. The maximum Gasteiger partial charge on any atom is 0.325 e. The molecule has 136 valence electrons. The SMILES string of the molecule is COc1ccc(CN2C3=NC4C(C(=O)NC(=O)N4C)N3C(C)=C2C)cc1. The number of aliphatic imine (C=N–C) groups is 1. The van der Waals surface area contributed by atoms with Gasteiger partial charge in [-0.25, -0.2) is 9.79 Å². The van der Waals surface area contributed by atoms with Gasteiger partial charge in [-0.15, -0.1) is 0 Å². The number of allylic oxidation sites excluding steroid dienone is 2. The lowest BCUT2D eigenvalue weighted by Crippen LogP contribution is -2.63. The molecule has 0 bridgehead atoms. The standard InChI is InChI=1S/C18H21N5O3/c1-10-11(2)23-14-15(21(3)18(25)20-16(14)24)19-17(23)22(10)9-12-5-7-13(26-4)8-6-12/h5-8,14-15H,9H2,1-4H3,(H,20,24,25). The van der Waals surface area contributed by atoms with E-state index in [1.807, 2.05) is 43.0 Å². The second kappa shape index (κ2) is 5.76. The Balaban J connectivity index is 1.66. The summed E-state index contributed by atoms with van der Waals surface area (Å²) < 4.78 is 5.21. The first kappa shape index (κ1) is 16.4. The Bertz CT molecular complexity index is 845. The van der Waals surface area contributed by atoms with Crippen LogP contribution in [-0.2, 0) is 11.3 Å². The van der Waals surface area contributed by atoms with Crippen LogP contribution in [0.15, 0.2) is 40.7 Å². The Labute approximate surface area is 151 Å². The van der Waals surface area contributed by atoms with E-state index in [0.717, 1.165) is 22.7 Å². The second-order valence-corrected chi connectivity index (χ2v) is 6.67. The van der Waals surface area contributed by atoms with E-state index in [0.29, 0.717) is 12.5 Å². The van der Waals surface area contributed by atoms with Crippen molar-refractivity contribution >= 4 is 17.9 Å². The van der Waals surface area contributed by atoms with Gasteiger partial charge in [-0.05, 0) is 31.5 Å². The van der Waals surface area contributed by atoms with Crippen LogP contribution in [0.3, 0.4) is 0 Å². The summed E-state index contributed by atoms with van der Waals surface area (Å²) in [6.45, 7) is 4.62. The van der Waals surface area contributed by atoms with Crippen molar-refractivity contribution in [3.8, 4) is 5.75 Å². The van der Waals surface area contributed by atoms with E-state index < -0.39 is 18.2 Å². The zero-order chi connectivity index (χ0) is 18.6. The monoisotopic (exact) mass is 355 g/mol. The molecule has 26 heavy (non-hydrogen) atoms. The minimum Gasteiger partial charge on any atom is -0.497 e. The third-order valence-corrected chi connectivity index (χ3v) is 5.27. The van der Waals surface area contributed by atoms with Crippen molar-refractivity contribution in [3.05, 3.63) is 41.2 Å². The number of guanidine groups is 1. The quantitative estimate of drug-likeness (QED) is 0.885. The molecule has 8 heteroatoms. The maximum absolute atomic E-state index is 12.4. The van der Waals surface area contributed by atoms with E-state index >= 15 is 0 Å². The molecule has 3 heterocycles. The van der Waals surface area contributed by atoms with Crippen LogP contribution in [0, 0.1) is 0 Å². The first-order chi connectivity index (χ1) is 12.4. The number of hydrogen-bond acceptors (Lipinski definition) is 6. The van der Waals surface area contributed by atoms with Crippen molar-refractivity contribution in [1.29, 1.82) is 0 Å². The molecule has 0 aromatic heterocycles. The van der Waals surface area contributed by atoms with E-state index in [1.54, 1.807) is 14.2 Å². The molecule has 1 saturated heterocycles. The fourth-order valence-electron chi connectivity index (χ4n) is 3.63. The molecule has 3 aliphatic heterocycles. The van der Waals surface area contributed by atoms with Crippen LogP contribution in [0.1, 0.15) is 19.4 Å². The number of benzene rings is 1. The largest absolute Gasteiger partial charge is 0.497 e. The maximum atomic E-state index is 12.4. The van der Waals surface area contributed by atoms with E-state index in [9.17, 15) is 9.59 Å². The first-order valence-corrected chi connectivity index (χ1v) is 8.45. The molecule has 3 amide bonds. The number of nitrogens with zero attached hydrogens (tertiary/aromatic N) is 4. The van der Waals surface area contributed by atoms with E-state index in [2.05, 4.69) is 10.2 Å². The Hall–Kier alpha value is -3.03. The molecule has 1 aromatic rings. The van der Waals surface area contributed by atoms with Crippen molar-refractivity contribution in [1.82, 2.24) is 20.0 Å². The molecule has 3 aliphatic rings. The molecular weight excluding hydrogens is 334 g/mol. The lowest BCUT2D eigenvalue weighted by Gasteiger charge is -2.35. The Morgan fingerprint density at radius 3 is 2.50 bits per heavy atom. The number of rotatable bonds is 3. The molecule has 4 rings (SSSR count). The molecule has 1 N–H and O–H groups in total. The number of fused-ring (bicyclic) bond motifs is 3. The minimum atomic E-state index is -0.525. The number of amides is 3. The summed E-state index contributed by atoms with van der Waals surface area (Å²) in [7, 11) is 3.30. The summed E-state index contributed by atoms with van der Waals surface area (Å²) in [4.78, 5) is 34.6. The predicted molar refractivity (Wildman–Crippen MR) is 95.1 cm³/mol. The fraction of sp³-hybridized carbons (Fsp3) is 0.389. The lowest BCUT2D eigenvalue weighted by molar-refractivity contribution is -0.126. The van der Waals surface area contributed by atoms with E-state index in [4.69, 9.17) is 9.73 Å². The highest BCUT2D eigenvalue weighted by molar-refractivity contribution is 6.05. The molecular formula is C18H21N5O3. The van der Waals surface area contributed by atoms with Gasteiger partial charge >= 0.3 is 6.03 Å². The average molecular weight is 355 g/mol. The average Bonchev–Trinajstić information content (AvgIpc) is 3.13. The van der Waals surface area contributed by atoms with Gasteiger partial charge in [0.15, 0.2) is 12.2 Å². The molecule has 0 aliphatic carbocycles. The summed E-state index contributed by atoms with van der Waals surface area (Å²) in [5, 5.41) is 2.40.